The molecule has 0 bridgehead atoms. The molecule has 0 saturated carbocycles. The summed E-state index contributed by atoms with van der Waals surface area (Å²) in [5, 5.41) is 17.9. The van der Waals surface area contributed by atoms with Crippen LogP contribution in [-0.2, 0) is 9.53 Å². The minimum absolute atomic E-state index is 0.133. The first-order valence-corrected chi connectivity index (χ1v) is 4.55. The third kappa shape index (κ3) is 2.19. The Kier molecular flexibility index (Phi) is 3.27. The van der Waals surface area contributed by atoms with Crippen LogP contribution in [0.1, 0.15) is 20.3 Å². The van der Waals surface area contributed by atoms with Crippen molar-refractivity contribution in [2.75, 3.05) is 6.61 Å². The largest absolute Gasteiger partial charge is 0.459 e. The molecule has 0 radical (unpaired) electrons. The Labute approximate surface area is 77.5 Å². The molecule has 4 nitrogen and oxygen atoms in total. The van der Waals surface area contributed by atoms with Crippen LogP contribution < -0.4 is 0 Å². The van der Waals surface area contributed by atoms with Gasteiger partial charge in [-0.25, -0.2) is 0 Å². The smallest absolute Gasteiger partial charge is 0.309 e. The van der Waals surface area contributed by atoms with E-state index in [4.69, 9.17) is 9.84 Å². The van der Waals surface area contributed by atoms with Crippen molar-refractivity contribution in [3.05, 3.63) is 0 Å². The van der Waals surface area contributed by atoms with Crippen LogP contribution in [0.25, 0.3) is 0 Å². The second kappa shape index (κ2) is 4.07. The van der Waals surface area contributed by atoms with E-state index >= 15 is 0 Å². The molecule has 4 heteroatoms. The SMILES string of the molecule is CC(C)[C@@H]1C[C@@H]([C@H](O)CO)OC1=O. The van der Waals surface area contributed by atoms with E-state index in [1.165, 1.54) is 0 Å². The zero-order valence-corrected chi connectivity index (χ0v) is 7.93. The molecular weight excluding hydrogens is 172 g/mol. The number of aliphatic hydroxyl groups excluding tert-OH is 2. The van der Waals surface area contributed by atoms with Crippen LogP contribution in [0.2, 0.25) is 0 Å². The third-order valence-electron chi connectivity index (χ3n) is 2.48. The third-order valence-corrected chi connectivity index (χ3v) is 2.48. The van der Waals surface area contributed by atoms with E-state index < -0.39 is 12.2 Å². The molecule has 13 heavy (non-hydrogen) atoms. The van der Waals surface area contributed by atoms with Crippen LogP contribution in [0.15, 0.2) is 0 Å². The molecule has 0 aromatic heterocycles. The Hall–Kier alpha value is -0.610. The Balaban J connectivity index is 2.55. The van der Waals surface area contributed by atoms with E-state index in [9.17, 15) is 9.90 Å². The summed E-state index contributed by atoms with van der Waals surface area (Å²) in [6, 6.07) is 0. The number of hydrogen-bond donors (Lipinski definition) is 2. The second-order valence-electron chi connectivity index (χ2n) is 3.81. The Morgan fingerprint density at radius 3 is 2.62 bits per heavy atom. The molecule has 0 aromatic carbocycles. The molecule has 1 aliphatic rings. The quantitative estimate of drug-likeness (QED) is 0.608. The summed E-state index contributed by atoms with van der Waals surface area (Å²) >= 11 is 0. The van der Waals surface area contributed by atoms with Gasteiger partial charge in [-0.1, -0.05) is 13.8 Å². The van der Waals surface area contributed by atoms with E-state index in [2.05, 4.69) is 0 Å². The average molecular weight is 188 g/mol. The number of esters is 1. The van der Waals surface area contributed by atoms with Gasteiger partial charge in [0.2, 0.25) is 0 Å². The normalized spacial score (nSPS) is 30.7. The maximum Gasteiger partial charge on any atom is 0.309 e. The molecule has 1 fully saturated rings. The molecule has 0 aliphatic carbocycles. The van der Waals surface area contributed by atoms with Crippen LogP contribution in [0.5, 0.6) is 0 Å². The van der Waals surface area contributed by atoms with Crippen LogP contribution in [0, 0.1) is 11.8 Å². The number of carbonyl (C=O) groups is 1. The summed E-state index contributed by atoms with van der Waals surface area (Å²) in [5.41, 5.74) is 0. The summed E-state index contributed by atoms with van der Waals surface area (Å²) in [6.45, 7) is 3.53. The first kappa shape index (κ1) is 10.5. The van der Waals surface area contributed by atoms with Crippen molar-refractivity contribution in [1.82, 2.24) is 0 Å². The van der Waals surface area contributed by atoms with Gasteiger partial charge in [-0.15, -0.1) is 0 Å². The van der Waals surface area contributed by atoms with Gasteiger partial charge in [-0.3, -0.25) is 4.79 Å². The molecule has 2 N–H and O–H groups in total. The summed E-state index contributed by atoms with van der Waals surface area (Å²) in [5.74, 6) is -0.165. The topological polar surface area (TPSA) is 66.8 Å². The Morgan fingerprint density at radius 1 is 1.62 bits per heavy atom. The average Bonchev–Trinajstić information content (AvgIpc) is 2.46. The Morgan fingerprint density at radius 2 is 2.23 bits per heavy atom. The fraction of sp³-hybridized carbons (Fsp3) is 0.889. The lowest BCUT2D eigenvalue weighted by atomic mass is 9.92. The van der Waals surface area contributed by atoms with Gasteiger partial charge in [0.15, 0.2) is 0 Å². The lowest BCUT2D eigenvalue weighted by Gasteiger charge is -2.13. The van der Waals surface area contributed by atoms with Gasteiger partial charge in [0.1, 0.15) is 12.2 Å². The summed E-state index contributed by atoms with van der Waals surface area (Å²) < 4.78 is 4.94. The minimum atomic E-state index is -0.937. The van der Waals surface area contributed by atoms with Crippen molar-refractivity contribution in [3.63, 3.8) is 0 Å². The molecule has 0 amide bonds. The highest BCUT2D eigenvalue weighted by Gasteiger charge is 2.39. The molecule has 76 valence electrons. The first-order chi connectivity index (χ1) is 6.06. The standard InChI is InChI=1S/C9H16O4/c1-5(2)6-3-8(7(11)4-10)13-9(6)12/h5-8,10-11H,3-4H2,1-2H3/t6-,7+,8-/m0/s1. The number of cyclic esters (lactones) is 1. The fourth-order valence-corrected chi connectivity index (χ4v) is 1.53. The van der Waals surface area contributed by atoms with Gasteiger partial charge in [-0.2, -0.15) is 0 Å². The predicted octanol–water partition coefficient (Wildman–Crippen LogP) is -0.0727. The second-order valence-corrected chi connectivity index (χ2v) is 3.81. The van der Waals surface area contributed by atoms with Gasteiger partial charge in [0.25, 0.3) is 0 Å². The van der Waals surface area contributed by atoms with Crippen molar-refractivity contribution < 1.29 is 19.7 Å². The lowest BCUT2D eigenvalue weighted by molar-refractivity contribution is -0.149. The first-order valence-electron chi connectivity index (χ1n) is 4.55. The number of hydrogen-bond acceptors (Lipinski definition) is 4. The van der Waals surface area contributed by atoms with E-state index in [1.54, 1.807) is 0 Å². The fourth-order valence-electron chi connectivity index (χ4n) is 1.53. The van der Waals surface area contributed by atoms with E-state index in [1.807, 2.05) is 13.8 Å². The molecule has 0 unspecified atom stereocenters. The van der Waals surface area contributed by atoms with Crippen molar-refractivity contribution in [1.29, 1.82) is 0 Å². The van der Waals surface area contributed by atoms with E-state index in [-0.39, 0.29) is 24.4 Å². The van der Waals surface area contributed by atoms with Crippen LogP contribution >= 0.6 is 0 Å². The minimum Gasteiger partial charge on any atom is -0.459 e. The number of rotatable bonds is 3. The van der Waals surface area contributed by atoms with Crippen LogP contribution in [0.4, 0.5) is 0 Å². The van der Waals surface area contributed by atoms with E-state index in [0.717, 1.165) is 0 Å². The van der Waals surface area contributed by atoms with Crippen molar-refractivity contribution in [3.8, 4) is 0 Å². The number of carbonyl (C=O) groups excluding carboxylic acids is 1. The van der Waals surface area contributed by atoms with Gasteiger partial charge < -0.3 is 14.9 Å². The molecule has 3 atom stereocenters. The predicted molar refractivity (Wildman–Crippen MR) is 45.9 cm³/mol. The monoisotopic (exact) mass is 188 g/mol. The molecular formula is C9H16O4. The van der Waals surface area contributed by atoms with E-state index in [0.29, 0.717) is 6.42 Å². The maximum atomic E-state index is 11.2. The maximum absolute atomic E-state index is 11.2. The highest BCUT2D eigenvalue weighted by molar-refractivity contribution is 5.74. The molecule has 0 aromatic rings. The Bertz CT molecular complexity index is 190. The number of ether oxygens (including phenoxy) is 1. The molecule has 1 saturated heterocycles. The zero-order valence-electron chi connectivity index (χ0n) is 7.93. The van der Waals surface area contributed by atoms with Crippen molar-refractivity contribution in [2.24, 2.45) is 11.8 Å². The van der Waals surface area contributed by atoms with Crippen molar-refractivity contribution in [2.45, 2.75) is 32.5 Å². The molecule has 1 rings (SSSR count). The van der Waals surface area contributed by atoms with Gasteiger partial charge >= 0.3 is 5.97 Å². The molecule has 1 aliphatic heterocycles. The lowest BCUT2D eigenvalue weighted by Crippen LogP contribution is -2.29. The summed E-state index contributed by atoms with van der Waals surface area (Å²) in [4.78, 5) is 11.2. The van der Waals surface area contributed by atoms with Crippen LogP contribution in [0.3, 0.4) is 0 Å². The van der Waals surface area contributed by atoms with Gasteiger partial charge in [0, 0.05) is 6.42 Å². The summed E-state index contributed by atoms with van der Waals surface area (Å²) in [7, 11) is 0. The molecule has 1 heterocycles. The van der Waals surface area contributed by atoms with Crippen LogP contribution in [-0.4, -0.2) is 35.0 Å². The highest BCUT2D eigenvalue weighted by Crippen LogP contribution is 2.28. The van der Waals surface area contributed by atoms with Crippen molar-refractivity contribution >= 4 is 5.97 Å². The summed E-state index contributed by atoms with van der Waals surface area (Å²) in [6.07, 6.45) is -0.948. The molecule has 0 spiro atoms. The van der Waals surface area contributed by atoms with Gasteiger partial charge in [-0.05, 0) is 5.92 Å². The van der Waals surface area contributed by atoms with Gasteiger partial charge in [0.05, 0.1) is 12.5 Å². The number of aliphatic hydroxyl groups is 2. The zero-order chi connectivity index (χ0) is 10.0. The highest BCUT2D eigenvalue weighted by atomic mass is 16.6.